The Morgan fingerprint density at radius 1 is 0.778 bits per heavy atom. The first kappa shape index (κ1) is 41.2. The zero-order valence-electron chi connectivity index (χ0n) is 32.2. The van der Waals surface area contributed by atoms with Crippen LogP contribution in [0.25, 0.3) is 11.4 Å². The Morgan fingerprint density at radius 3 is 1.94 bits per heavy atom. The summed E-state index contributed by atoms with van der Waals surface area (Å²) in [6.45, 7) is 13.5. The van der Waals surface area contributed by atoms with Crippen molar-refractivity contribution >= 4 is 35.7 Å². The highest BCUT2D eigenvalue weighted by molar-refractivity contribution is 5.97. The second-order valence-electron chi connectivity index (χ2n) is 14.9. The number of amides is 3. The van der Waals surface area contributed by atoms with Crippen LogP contribution >= 0.6 is 0 Å². The van der Waals surface area contributed by atoms with Gasteiger partial charge in [0.25, 0.3) is 5.91 Å². The van der Waals surface area contributed by atoms with Gasteiger partial charge in [-0.3, -0.25) is 19.2 Å². The number of hydrogen-bond acceptors (Lipinski definition) is 11. The van der Waals surface area contributed by atoms with Crippen molar-refractivity contribution in [2.24, 2.45) is 0 Å². The van der Waals surface area contributed by atoms with E-state index in [1.807, 2.05) is 48.5 Å². The van der Waals surface area contributed by atoms with Gasteiger partial charge >= 0.3 is 18.0 Å². The average molecular weight is 745 g/mol. The first-order valence-electron chi connectivity index (χ1n) is 18.2. The molecule has 14 nitrogen and oxygen atoms in total. The summed E-state index contributed by atoms with van der Waals surface area (Å²) in [5, 5.41) is 6.13. The normalized spacial score (nSPS) is 14.4. The molecule has 2 heterocycles. The minimum Gasteiger partial charge on any atom is -0.460 e. The second kappa shape index (κ2) is 18.5. The molecule has 0 aliphatic carbocycles. The van der Waals surface area contributed by atoms with E-state index in [0.717, 1.165) is 5.56 Å². The Kier molecular flexibility index (Phi) is 14.1. The summed E-state index contributed by atoms with van der Waals surface area (Å²) in [5.41, 5.74) is -0.0358. The molecule has 3 aromatic rings. The van der Waals surface area contributed by atoms with Gasteiger partial charge in [-0.1, -0.05) is 60.7 Å². The maximum absolute atomic E-state index is 14.1. The number of ether oxygens (including phenoxy) is 3. The van der Waals surface area contributed by atoms with Crippen LogP contribution in [0.4, 0.5) is 10.6 Å². The van der Waals surface area contributed by atoms with Crippen LogP contribution in [-0.4, -0.2) is 99.6 Å². The molecule has 0 spiro atoms. The topological polar surface area (TPSA) is 169 Å². The Morgan fingerprint density at radius 2 is 1.35 bits per heavy atom. The van der Waals surface area contributed by atoms with Crippen LogP contribution in [0.15, 0.2) is 66.7 Å². The van der Waals surface area contributed by atoms with Crippen LogP contribution < -0.4 is 10.6 Å². The molecule has 1 unspecified atom stereocenters. The first-order valence-corrected chi connectivity index (χ1v) is 18.2. The van der Waals surface area contributed by atoms with Gasteiger partial charge in [-0.15, -0.1) is 0 Å². The lowest BCUT2D eigenvalue weighted by Crippen LogP contribution is -2.56. The molecular formula is C40H52N6O8. The summed E-state index contributed by atoms with van der Waals surface area (Å²) in [7, 11) is 0. The Bertz CT molecular complexity index is 1750. The summed E-state index contributed by atoms with van der Waals surface area (Å²) in [6, 6.07) is 18.2. The molecule has 1 aliphatic heterocycles. The number of rotatable bonds is 13. The van der Waals surface area contributed by atoms with Crippen molar-refractivity contribution in [1.82, 2.24) is 25.1 Å². The molecule has 1 fully saturated rings. The molecule has 1 aliphatic rings. The van der Waals surface area contributed by atoms with Gasteiger partial charge in [0.05, 0.1) is 19.1 Å². The van der Waals surface area contributed by atoms with Crippen LogP contribution in [0, 0.1) is 0 Å². The number of nitrogens with one attached hydrogen (secondary N) is 2. The van der Waals surface area contributed by atoms with Crippen molar-refractivity contribution < 1.29 is 38.2 Å². The van der Waals surface area contributed by atoms with Gasteiger partial charge in [-0.2, -0.15) is 0 Å². The standard InChI is InChI=1S/C40H52N6O8/c1-8-52-38(51)46-23-21-45(22-24-46)37(50)29(19-20-33(47)53-39(2,3)4)43-36(49)31-25-32(44-35(42-31)28-17-13-10-14-18-28)41-30(27-15-11-9-12-16-27)26-34(48)54-40(5,6)7/h9-18,25,29-30H,8,19-24,26H2,1-7H3,(H,43,49)(H,41,42,44)/t29?,30-/m1/s1. The SMILES string of the molecule is CCOC(=O)N1CCN(C(=O)C(CCC(=O)OC(C)(C)C)NC(=O)c2cc(N[C@H](CC(=O)OC(C)(C)C)c3ccccc3)nc(-c3ccccc3)n2)CC1. The van der Waals surface area contributed by atoms with Gasteiger partial charge in [0.15, 0.2) is 5.82 Å². The number of benzene rings is 2. The largest absolute Gasteiger partial charge is 0.460 e. The Hall–Kier alpha value is -5.53. The third kappa shape index (κ3) is 12.8. The van der Waals surface area contributed by atoms with Crippen LogP contribution in [0.3, 0.4) is 0 Å². The maximum Gasteiger partial charge on any atom is 0.409 e. The molecule has 1 saturated heterocycles. The smallest absolute Gasteiger partial charge is 0.409 e. The first-order chi connectivity index (χ1) is 25.5. The lowest BCUT2D eigenvalue weighted by atomic mass is 10.0. The highest BCUT2D eigenvalue weighted by Gasteiger charge is 2.32. The summed E-state index contributed by atoms with van der Waals surface area (Å²) < 4.78 is 16.2. The average Bonchev–Trinajstić information content (AvgIpc) is 3.12. The van der Waals surface area contributed by atoms with Gasteiger partial charge in [0.1, 0.15) is 28.8 Å². The fraction of sp³-hybridized carbons (Fsp3) is 0.475. The van der Waals surface area contributed by atoms with E-state index in [2.05, 4.69) is 15.6 Å². The number of carbonyl (C=O) groups excluding carboxylic acids is 5. The number of hydrogen-bond donors (Lipinski definition) is 2. The molecule has 0 radical (unpaired) electrons. The van der Waals surface area contributed by atoms with E-state index in [4.69, 9.17) is 19.2 Å². The summed E-state index contributed by atoms with van der Waals surface area (Å²) in [4.78, 5) is 78.5. The molecule has 2 N–H and O–H groups in total. The van der Waals surface area contributed by atoms with Crippen LogP contribution in [0.2, 0.25) is 0 Å². The molecule has 2 aromatic carbocycles. The number of esters is 2. The summed E-state index contributed by atoms with van der Waals surface area (Å²) >= 11 is 0. The van der Waals surface area contributed by atoms with Crippen molar-refractivity contribution in [3.05, 3.63) is 78.0 Å². The third-order valence-corrected chi connectivity index (χ3v) is 8.08. The molecule has 0 bridgehead atoms. The highest BCUT2D eigenvalue weighted by Crippen LogP contribution is 2.26. The monoisotopic (exact) mass is 744 g/mol. The molecule has 3 amide bonds. The van der Waals surface area contributed by atoms with E-state index in [1.165, 1.54) is 11.0 Å². The Labute approximate surface area is 317 Å². The van der Waals surface area contributed by atoms with E-state index in [1.54, 1.807) is 65.5 Å². The molecule has 1 aromatic heterocycles. The van der Waals surface area contributed by atoms with E-state index in [9.17, 15) is 24.0 Å². The van der Waals surface area contributed by atoms with Crippen LogP contribution in [0.1, 0.15) is 89.8 Å². The predicted molar refractivity (Wildman–Crippen MR) is 202 cm³/mol. The van der Waals surface area contributed by atoms with Gasteiger partial charge in [0, 0.05) is 44.2 Å². The zero-order chi connectivity index (χ0) is 39.5. The van der Waals surface area contributed by atoms with E-state index in [0.29, 0.717) is 5.56 Å². The van der Waals surface area contributed by atoms with Crippen molar-refractivity contribution in [1.29, 1.82) is 0 Å². The van der Waals surface area contributed by atoms with Crippen LogP contribution in [-0.2, 0) is 28.6 Å². The van der Waals surface area contributed by atoms with Crippen LogP contribution in [0.5, 0.6) is 0 Å². The van der Waals surface area contributed by atoms with Crippen molar-refractivity contribution in [2.75, 3.05) is 38.1 Å². The van der Waals surface area contributed by atoms with Gasteiger partial charge in [-0.25, -0.2) is 14.8 Å². The van der Waals surface area contributed by atoms with E-state index < -0.39 is 53.1 Å². The molecule has 54 heavy (non-hydrogen) atoms. The maximum atomic E-state index is 14.1. The predicted octanol–water partition coefficient (Wildman–Crippen LogP) is 5.55. The minimum absolute atomic E-state index is 0.0296. The molecule has 14 heteroatoms. The fourth-order valence-corrected chi connectivity index (χ4v) is 5.71. The lowest BCUT2D eigenvalue weighted by molar-refractivity contribution is -0.156. The van der Waals surface area contributed by atoms with Crippen molar-refractivity contribution in [3.63, 3.8) is 0 Å². The minimum atomic E-state index is -1.12. The van der Waals surface area contributed by atoms with E-state index in [-0.39, 0.29) is 69.4 Å². The molecular weight excluding hydrogens is 692 g/mol. The molecule has 2 atom stereocenters. The van der Waals surface area contributed by atoms with Gasteiger partial charge in [0.2, 0.25) is 5.91 Å². The number of nitrogens with zero attached hydrogens (tertiary/aromatic N) is 4. The van der Waals surface area contributed by atoms with Gasteiger partial charge in [-0.05, 0) is 60.5 Å². The molecule has 290 valence electrons. The summed E-state index contributed by atoms with van der Waals surface area (Å²) in [6.07, 6.45) is -0.655. The third-order valence-electron chi connectivity index (χ3n) is 8.08. The number of carbonyl (C=O) groups is 5. The second-order valence-corrected chi connectivity index (χ2v) is 14.9. The van der Waals surface area contributed by atoms with Gasteiger partial charge < -0.3 is 34.6 Å². The molecule has 4 rings (SSSR count). The number of anilines is 1. The molecule has 0 saturated carbocycles. The Balaban J connectivity index is 1.64. The van der Waals surface area contributed by atoms with Crippen molar-refractivity contribution in [2.45, 2.75) is 91.0 Å². The number of aromatic nitrogens is 2. The van der Waals surface area contributed by atoms with E-state index >= 15 is 0 Å². The fourth-order valence-electron chi connectivity index (χ4n) is 5.71. The quantitative estimate of drug-likeness (QED) is 0.166. The highest BCUT2D eigenvalue weighted by atomic mass is 16.6. The summed E-state index contributed by atoms with van der Waals surface area (Å²) in [5.74, 6) is -1.52. The van der Waals surface area contributed by atoms with Crippen molar-refractivity contribution in [3.8, 4) is 11.4 Å². The number of piperazine rings is 1. The zero-order valence-corrected chi connectivity index (χ0v) is 32.2. The lowest BCUT2D eigenvalue weighted by Gasteiger charge is -2.36.